The lowest BCUT2D eigenvalue weighted by atomic mass is 9.89. The molecule has 156 valence electrons. The molecular weight excluding hydrogens is 370 g/mol. The van der Waals surface area contributed by atoms with Gasteiger partial charge in [-0.25, -0.2) is 0 Å². The van der Waals surface area contributed by atoms with Crippen molar-refractivity contribution in [1.82, 2.24) is 5.32 Å². The highest BCUT2D eigenvalue weighted by atomic mass is 16.5. The minimum absolute atomic E-state index is 0.153. The highest BCUT2D eigenvalue weighted by Gasteiger charge is 2.36. The number of hydrogen-bond donors (Lipinski definition) is 1. The molecule has 0 bridgehead atoms. The molecule has 0 saturated heterocycles. The fraction of sp³-hybridized carbons (Fsp3) is 0.435. The molecule has 0 unspecified atom stereocenters. The Labute approximate surface area is 172 Å². The number of carbonyl (C=O) groups is 1. The van der Waals surface area contributed by atoms with Crippen LogP contribution in [0.3, 0.4) is 0 Å². The number of carbonyl (C=O) groups excluding carboxylic acids is 1. The average molecular weight is 399 g/mol. The van der Waals surface area contributed by atoms with Crippen LogP contribution in [0.1, 0.15) is 45.2 Å². The van der Waals surface area contributed by atoms with Crippen molar-refractivity contribution in [2.75, 3.05) is 14.2 Å². The molecule has 1 aliphatic heterocycles. The van der Waals surface area contributed by atoms with Gasteiger partial charge in [0.1, 0.15) is 28.6 Å². The summed E-state index contributed by atoms with van der Waals surface area (Å²) in [6, 6.07) is 12.7. The maximum absolute atomic E-state index is 13.0. The van der Waals surface area contributed by atoms with Gasteiger partial charge >= 0.3 is 0 Å². The summed E-state index contributed by atoms with van der Waals surface area (Å²) in [5.74, 6) is 2.70. The summed E-state index contributed by atoms with van der Waals surface area (Å²) < 4.78 is 22.5. The van der Waals surface area contributed by atoms with Crippen molar-refractivity contribution >= 4 is 5.91 Å². The maximum Gasteiger partial charge on any atom is 0.261 e. The first-order chi connectivity index (χ1) is 13.8. The van der Waals surface area contributed by atoms with E-state index < -0.39 is 11.7 Å². The molecule has 0 aromatic heterocycles. The molecule has 0 spiro atoms. The molecule has 1 N–H and O–H groups in total. The molecule has 0 saturated carbocycles. The van der Waals surface area contributed by atoms with Gasteiger partial charge in [0, 0.05) is 12.0 Å². The molecule has 0 radical (unpaired) electrons. The van der Waals surface area contributed by atoms with Crippen LogP contribution < -0.4 is 24.3 Å². The highest BCUT2D eigenvalue weighted by molar-refractivity contribution is 5.81. The van der Waals surface area contributed by atoms with Crippen LogP contribution in [0.5, 0.6) is 23.0 Å². The van der Waals surface area contributed by atoms with E-state index in [0.29, 0.717) is 18.6 Å². The van der Waals surface area contributed by atoms with E-state index in [1.54, 1.807) is 26.4 Å². The lowest BCUT2D eigenvalue weighted by Crippen LogP contribution is -2.45. The molecule has 2 aromatic rings. The number of fused-ring (bicyclic) bond motifs is 1. The second-order valence-electron chi connectivity index (χ2n) is 7.72. The average Bonchev–Trinajstić information content (AvgIpc) is 2.71. The Balaban J connectivity index is 1.77. The fourth-order valence-corrected chi connectivity index (χ4v) is 3.49. The molecule has 6 heteroatoms. The zero-order valence-corrected chi connectivity index (χ0v) is 17.7. The first kappa shape index (κ1) is 20.8. The minimum atomic E-state index is -0.594. The van der Waals surface area contributed by atoms with E-state index in [4.69, 9.17) is 18.9 Å². The van der Waals surface area contributed by atoms with E-state index in [0.717, 1.165) is 22.8 Å². The largest absolute Gasteiger partial charge is 0.497 e. The van der Waals surface area contributed by atoms with Gasteiger partial charge in [-0.2, -0.15) is 0 Å². The third-order valence-electron chi connectivity index (χ3n) is 4.99. The Morgan fingerprint density at radius 2 is 1.72 bits per heavy atom. The van der Waals surface area contributed by atoms with Crippen LogP contribution in [0, 0.1) is 0 Å². The van der Waals surface area contributed by atoms with Crippen LogP contribution in [0.15, 0.2) is 42.5 Å². The van der Waals surface area contributed by atoms with Gasteiger partial charge in [-0.05, 0) is 62.7 Å². The van der Waals surface area contributed by atoms with Crippen molar-refractivity contribution in [1.29, 1.82) is 0 Å². The number of hydrogen-bond acceptors (Lipinski definition) is 5. The van der Waals surface area contributed by atoms with Crippen LogP contribution in [-0.4, -0.2) is 31.8 Å². The van der Waals surface area contributed by atoms with Crippen molar-refractivity contribution < 1.29 is 23.7 Å². The number of nitrogens with one attached hydrogen (secondary N) is 1. The van der Waals surface area contributed by atoms with Gasteiger partial charge in [0.15, 0.2) is 6.10 Å². The van der Waals surface area contributed by atoms with Crippen LogP contribution in [-0.2, 0) is 4.79 Å². The van der Waals surface area contributed by atoms with Crippen molar-refractivity contribution in [3.63, 3.8) is 0 Å². The number of methoxy groups -OCH3 is 2. The third-order valence-corrected chi connectivity index (χ3v) is 4.99. The lowest BCUT2D eigenvalue weighted by Gasteiger charge is -2.38. The van der Waals surface area contributed by atoms with E-state index in [1.807, 2.05) is 51.1 Å². The second-order valence-corrected chi connectivity index (χ2v) is 7.72. The number of ether oxygens (including phenoxy) is 4. The summed E-state index contributed by atoms with van der Waals surface area (Å²) >= 11 is 0. The SMILES string of the molecule is CC[C@H](Oc1ccc(OC)cc1)C(=O)N[C@@H]1CC(C)(C)Oc2ccc(OC)cc21. The molecule has 1 heterocycles. The topological polar surface area (TPSA) is 66.0 Å². The standard InChI is InChI=1S/C23H29NO5/c1-6-20(28-16-9-7-15(26-4)8-10-16)22(25)24-19-14-23(2,3)29-21-12-11-17(27-5)13-18(19)21/h7-13,19-20H,6,14H2,1-5H3,(H,24,25)/t19-,20+/m1/s1. The Morgan fingerprint density at radius 1 is 1.10 bits per heavy atom. The van der Waals surface area contributed by atoms with E-state index in [-0.39, 0.29) is 11.9 Å². The Kier molecular flexibility index (Phi) is 6.20. The summed E-state index contributed by atoms with van der Waals surface area (Å²) in [5.41, 5.74) is 0.522. The van der Waals surface area contributed by atoms with Crippen LogP contribution in [0.25, 0.3) is 0 Å². The smallest absolute Gasteiger partial charge is 0.261 e. The first-order valence-corrected chi connectivity index (χ1v) is 9.83. The minimum Gasteiger partial charge on any atom is -0.497 e. The molecule has 0 fully saturated rings. The fourth-order valence-electron chi connectivity index (χ4n) is 3.49. The zero-order chi connectivity index (χ0) is 21.0. The van der Waals surface area contributed by atoms with Gasteiger partial charge in [0.25, 0.3) is 5.91 Å². The van der Waals surface area contributed by atoms with Crippen molar-refractivity contribution in [2.45, 2.75) is 51.4 Å². The monoisotopic (exact) mass is 399 g/mol. The van der Waals surface area contributed by atoms with Crippen molar-refractivity contribution in [3.05, 3.63) is 48.0 Å². The van der Waals surface area contributed by atoms with Gasteiger partial charge in [0.05, 0.1) is 20.3 Å². The Bertz CT molecular complexity index is 847. The molecule has 1 amide bonds. The van der Waals surface area contributed by atoms with E-state index >= 15 is 0 Å². The number of benzene rings is 2. The van der Waals surface area contributed by atoms with Gasteiger partial charge in [-0.3, -0.25) is 4.79 Å². The Hall–Kier alpha value is -2.89. The van der Waals surface area contributed by atoms with Crippen molar-refractivity contribution in [2.24, 2.45) is 0 Å². The summed E-state index contributed by atoms with van der Waals surface area (Å²) in [6.07, 6.45) is 0.608. The van der Waals surface area contributed by atoms with Crippen LogP contribution >= 0.6 is 0 Å². The molecule has 3 rings (SSSR count). The summed E-state index contributed by atoms with van der Waals surface area (Å²) in [4.78, 5) is 13.0. The predicted octanol–water partition coefficient (Wildman–Crippen LogP) is 4.28. The quantitative estimate of drug-likeness (QED) is 0.753. The van der Waals surface area contributed by atoms with Crippen LogP contribution in [0.4, 0.5) is 0 Å². The molecule has 0 aliphatic carbocycles. The van der Waals surface area contributed by atoms with Gasteiger partial charge in [0.2, 0.25) is 0 Å². The van der Waals surface area contributed by atoms with Gasteiger partial charge < -0.3 is 24.3 Å². The molecular formula is C23H29NO5. The zero-order valence-electron chi connectivity index (χ0n) is 17.7. The molecule has 1 aliphatic rings. The van der Waals surface area contributed by atoms with E-state index in [1.165, 1.54) is 0 Å². The molecule has 29 heavy (non-hydrogen) atoms. The first-order valence-electron chi connectivity index (χ1n) is 9.83. The predicted molar refractivity (Wildman–Crippen MR) is 111 cm³/mol. The molecule has 6 nitrogen and oxygen atoms in total. The highest BCUT2D eigenvalue weighted by Crippen LogP contribution is 2.41. The number of rotatable bonds is 7. The Morgan fingerprint density at radius 3 is 2.34 bits per heavy atom. The maximum atomic E-state index is 13.0. The normalized spacial score (nSPS) is 18.0. The number of amides is 1. The van der Waals surface area contributed by atoms with E-state index in [9.17, 15) is 4.79 Å². The lowest BCUT2D eigenvalue weighted by molar-refractivity contribution is -0.129. The second kappa shape index (κ2) is 8.64. The van der Waals surface area contributed by atoms with Crippen molar-refractivity contribution in [3.8, 4) is 23.0 Å². The molecule has 2 aromatic carbocycles. The van der Waals surface area contributed by atoms with E-state index in [2.05, 4.69) is 5.32 Å². The summed E-state index contributed by atoms with van der Waals surface area (Å²) in [5, 5.41) is 3.15. The summed E-state index contributed by atoms with van der Waals surface area (Å²) in [7, 11) is 3.24. The van der Waals surface area contributed by atoms with Gasteiger partial charge in [-0.15, -0.1) is 0 Å². The summed E-state index contributed by atoms with van der Waals surface area (Å²) in [6.45, 7) is 5.97. The van der Waals surface area contributed by atoms with Crippen LogP contribution in [0.2, 0.25) is 0 Å². The molecule has 2 atom stereocenters. The van der Waals surface area contributed by atoms with Gasteiger partial charge in [-0.1, -0.05) is 6.92 Å². The third kappa shape index (κ3) is 4.94.